The molecule has 0 saturated carbocycles. The van der Waals surface area contributed by atoms with Crippen molar-refractivity contribution in [1.82, 2.24) is 4.98 Å². The summed E-state index contributed by atoms with van der Waals surface area (Å²) >= 11 is 0. The summed E-state index contributed by atoms with van der Waals surface area (Å²) in [4.78, 5) is 4.11. The molecular weight excluding hydrogens is 361 g/mol. The molecule has 0 bridgehead atoms. The van der Waals surface area contributed by atoms with Crippen LogP contribution in [0.5, 0.6) is 11.5 Å². The second-order valence-electron chi connectivity index (χ2n) is 6.41. The molecule has 1 aromatic carbocycles. The van der Waals surface area contributed by atoms with Crippen molar-refractivity contribution in [3.8, 4) is 22.6 Å². The van der Waals surface area contributed by atoms with Crippen LogP contribution in [0.3, 0.4) is 0 Å². The highest BCUT2D eigenvalue weighted by molar-refractivity contribution is 5.85. The Kier molecular flexibility index (Phi) is 7.80. The first kappa shape index (κ1) is 21.4. The Balaban J connectivity index is 0.00000156. The molecule has 2 heterocycles. The summed E-state index contributed by atoms with van der Waals surface area (Å²) in [5, 5.41) is 0. The third kappa shape index (κ3) is 5.14. The van der Waals surface area contributed by atoms with Crippen molar-refractivity contribution >= 4 is 30.6 Å². The smallest absolute Gasteiger partial charge is 0.131 e. The van der Waals surface area contributed by atoms with Gasteiger partial charge in [0.2, 0.25) is 0 Å². The lowest BCUT2D eigenvalue weighted by Gasteiger charge is -2.22. The SMILES string of the molecule is CC(C)C[C@H](N)COc1ccc2c(c1)OCc1cnc(N)cc1-2.Cl.Cl. The maximum absolute atomic E-state index is 6.06. The number of ether oxygens (including phenoxy) is 2. The molecule has 3 rings (SSSR count). The molecule has 0 spiro atoms. The second kappa shape index (κ2) is 9.13. The highest BCUT2D eigenvalue weighted by Gasteiger charge is 2.19. The molecule has 7 heteroatoms. The van der Waals surface area contributed by atoms with Crippen molar-refractivity contribution in [2.24, 2.45) is 11.7 Å². The zero-order valence-electron chi connectivity index (χ0n) is 14.4. The molecule has 138 valence electrons. The monoisotopic (exact) mass is 385 g/mol. The van der Waals surface area contributed by atoms with Gasteiger partial charge >= 0.3 is 0 Å². The van der Waals surface area contributed by atoms with Gasteiger partial charge in [-0.1, -0.05) is 13.8 Å². The van der Waals surface area contributed by atoms with Crippen LogP contribution in [-0.2, 0) is 6.61 Å². The van der Waals surface area contributed by atoms with E-state index < -0.39 is 0 Å². The second-order valence-corrected chi connectivity index (χ2v) is 6.41. The first-order chi connectivity index (χ1) is 11.0. The maximum atomic E-state index is 6.06. The number of hydrogen-bond acceptors (Lipinski definition) is 5. The number of nitrogens with zero attached hydrogens (tertiary/aromatic N) is 1. The van der Waals surface area contributed by atoms with Gasteiger partial charge < -0.3 is 20.9 Å². The molecule has 0 fully saturated rings. The molecule has 25 heavy (non-hydrogen) atoms. The van der Waals surface area contributed by atoms with Crippen LogP contribution in [0.2, 0.25) is 0 Å². The van der Waals surface area contributed by atoms with Gasteiger partial charge in [-0.3, -0.25) is 0 Å². The third-order valence-corrected chi connectivity index (χ3v) is 3.87. The molecule has 1 aliphatic rings. The van der Waals surface area contributed by atoms with Crippen LogP contribution < -0.4 is 20.9 Å². The summed E-state index contributed by atoms with van der Waals surface area (Å²) in [6, 6.07) is 7.78. The Morgan fingerprint density at radius 3 is 2.68 bits per heavy atom. The molecule has 1 aromatic heterocycles. The number of anilines is 1. The van der Waals surface area contributed by atoms with E-state index in [1.54, 1.807) is 6.20 Å². The number of nitrogen functional groups attached to an aromatic ring is 1. The summed E-state index contributed by atoms with van der Waals surface area (Å²) in [5.74, 6) is 2.65. The zero-order chi connectivity index (χ0) is 16.4. The number of aromatic nitrogens is 1. The average molecular weight is 386 g/mol. The Labute approximate surface area is 160 Å². The number of pyridine rings is 1. The molecule has 1 atom stereocenters. The van der Waals surface area contributed by atoms with Gasteiger partial charge in [0.05, 0.1) is 0 Å². The van der Waals surface area contributed by atoms with Crippen LogP contribution in [0, 0.1) is 5.92 Å². The van der Waals surface area contributed by atoms with Crippen LogP contribution in [0.4, 0.5) is 5.82 Å². The minimum Gasteiger partial charge on any atom is -0.492 e. The van der Waals surface area contributed by atoms with Crippen molar-refractivity contribution in [3.05, 3.63) is 36.0 Å². The Hall–Kier alpha value is -1.69. The quantitative estimate of drug-likeness (QED) is 0.816. The molecule has 5 nitrogen and oxygen atoms in total. The summed E-state index contributed by atoms with van der Waals surface area (Å²) in [5.41, 5.74) is 15.0. The number of rotatable bonds is 5. The first-order valence-corrected chi connectivity index (χ1v) is 7.93. The largest absolute Gasteiger partial charge is 0.492 e. The molecule has 0 unspecified atom stereocenters. The van der Waals surface area contributed by atoms with Gasteiger partial charge in [0.25, 0.3) is 0 Å². The van der Waals surface area contributed by atoms with Crippen molar-refractivity contribution in [2.75, 3.05) is 12.3 Å². The predicted molar refractivity (Wildman–Crippen MR) is 106 cm³/mol. The molecule has 0 amide bonds. The standard InChI is InChI=1S/C18H23N3O2.2ClH/c1-11(2)5-13(19)10-22-14-3-4-15-16-7-18(20)21-8-12(16)9-23-17(15)6-14;;/h3-4,6-8,11,13H,5,9-10,19H2,1-2H3,(H2,20,21);2*1H/t13-;;/m0../s1. The number of halogens is 2. The fourth-order valence-corrected chi connectivity index (χ4v) is 2.83. The van der Waals surface area contributed by atoms with Crippen LogP contribution >= 0.6 is 24.8 Å². The van der Waals surface area contributed by atoms with Gasteiger partial charge in [-0.25, -0.2) is 4.98 Å². The molecule has 0 saturated heterocycles. The molecule has 2 aromatic rings. The van der Waals surface area contributed by atoms with E-state index in [1.807, 2.05) is 24.3 Å². The molecule has 0 radical (unpaired) electrons. The first-order valence-electron chi connectivity index (χ1n) is 7.93. The molecule has 4 N–H and O–H groups in total. The normalized spacial score (nSPS) is 12.8. The van der Waals surface area contributed by atoms with Crippen LogP contribution in [0.15, 0.2) is 30.5 Å². The van der Waals surface area contributed by atoms with E-state index in [0.29, 0.717) is 24.9 Å². The lowest BCUT2D eigenvalue weighted by atomic mass is 9.98. The van der Waals surface area contributed by atoms with Gasteiger partial charge in [0.1, 0.15) is 30.5 Å². The third-order valence-electron chi connectivity index (χ3n) is 3.87. The average Bonchev–Trinajstić information content (AvgIpc) is 2.51. The Bertz CT molecular complexity index is 711. The zero-order valence-corrected chi connectivity index (χ0v) is 16.0. The minimum absolute atomic E-state index is 0. The van der Waals surface area contributed by atoms with E-state index >= 15 is 0 Å². The van der Waals surface area contributed by atoms with Crippen LogP contribution in [0.25, 0.3) is 11.1 Å². The van der Waals surface area contributed by atoms with E-state index in [0.717, 1.165) is 34.6 Å². The summed E-state index contributed by atoms with van der Waals surface area (Å²) < 4.78 is 11.6. The molecule has 1 aliphatic heterocycles. The highest BCUT2D eigenvalue weighted by atomic mass is 35.5. The van der Waals surface area contributed by atoms with E-state index in [1.165, 1.54) is 0 Å². The van der Waals surface area contributed by atoms with Gasteiger partial charge in [-0.2, -0.15) is 0 Å². The number of nitrogens with two attached hydrogens (primary N) is 2. The van der Waals surface area contributed by atoms with E-state index in [9.17, 15) is 0 Å². The van der Waals surface area contributed by atoms with E-state index in [4.69, 9.17) is 20.9 Å². The van der Waals surface area contributed by atoms with Crippen molar-refractivity contribution in [3.63, 3.8) is 0 Å². The molecular formula is C18H25Cl2N3O2. The van der Waals surface area contributed by atoms with Crippen molar-refractivity contribution < 1.29 is 9.47 Å². The summed E-state index contributed by atoms with van der Waals surface area (Å²) in [6.07, 6.45) is 2.71. The fraction of sp³-hybridized carbons (Fsp3) is 0.389. The Morgan fingerprint density at radius 2 is 1.96 bits per heavy atom. The highest BCUT2D eigenvalue weighted by Crippen LogP contribution is 2.39. The summed E-state index contributed by atoms with van der Waals surface area (Å²) in [7, 11) is 0. The maximum Gasteiger partial charge on any atom is 0.131 e. The van der Waals surface area contributed by atoms with Gasteiger partial charge in [0, 0.05) is 29.4 Å². The summed E-state index contributed by atoms with van der Waals surface area (Å²) in [6.45, 7) is 5.31. The number of benzene rings is 1. The predicted octanol–water partition coefficient (Wildman–Crippen LogP) is 3.82. The lowest BCUT2D eigenvalue weighted by molar-refractivity contribution is 0.265. The van der Waals surface area contributed by atoms with Gasteiger partial charge in [0.15, 0.2) is 0 Å². The van der Waals surface area contributed by atoms with E-state index in [2.05, 4.69) is 18.8 Å². The van der Waals surface area contributed by atoms with Crippen LogP contribution in [0.1, 0.15) is 25.8 Å². The lowest BCUT2D eigenvalue weighted by Crippen LogP contribution is -2.29. The number of fused-ring (bicyclic) bond motifs is 3. The van der Waals surface area contributed by atoms with Gasteiger partial charge in [-0.05, 0) is 36.1 Å². The Morgan fingerprint density at radius 1 is 1.20 bits per heavy atom. The van der Waals surface area contributed by atoms with Crippen molar-refractivity contribution in [2.45, 2.75) is 32.9 Å². The molecule has 0 aliphatic carbocycles. The number of hydrogen-bond donors (Lipinski definition) is 2. The minimum atomic E-state index is 0. The van der Waals surface area contributed by atoms with Crippen molar-refractivity contribution in [1.29, 1.82) is 0 Å². The topological polar surface area (TPSA) is 83.4 Å². The van der Waals surface area contributed by atoms with Crippen LogP contribution in [-0.4, -0.2) is 17.6 Å². The fourth-order valence-electron chi connectivity index (χ4n) is 2.83. The van der Waals surface area contributed by atoms with Gasteiger partial charge in [-0.15, -0.1) is 24.8 Å². The van der Waals surface area contributed by atoms with E-state index in [-0.39, 0.29) is 30.9 Å².